The van der Waals surface area contributed by atoms with Crippen molar-refractivity contribution in [2.45, 2.75) is 38.1 Å². The molecule has 0 amide bonds. The fourth-order valence-electron chi connectivity index (χ4n) is 3.09. The molecule has 1 atom stereocenters. The number of nitrogens with zero attached hydrogens (tertiary/aromatic N) is 2. The highest BCUT2D eigenvalue weighted by Gasteiger charge is 2.38. The van der Waals surface area contributed by atoms with E-state index >= 15 is 0 Å². The number of pyridine rings is 1. The molecule has 3 heteroatoms. The number of hydrogen-bond donors (Lipinski definition) is 1. The van der Waals surface area contributed by atoms with Crippen molar-refractivity contribution in [3.05, 3.63) is 23.9 Å². The lowest BCUT2D eigenvalue weighted by Gasteiger charge is -2.34. The topological polar surface area (TPSA) is 28.2 Å². The van der Waals surface area contributed by atoms with Crippen LogP contribution in [0.1, 0.15) is 31.2 Å². The molecule has 1 spiro atoms. The lowest BCUT2D eigenvalue weighted by atomic mass is 9.88. The summed E-state index contributed by atoms with van der Waals surface area (Å²) < 4.78 is 0. The molecule has 2 aliphatic heterocycles. The van der Waals surface area contributed by atoms with Crippen molar-refractivity contribution in [2.24, 2.45) is 0 Å². The Morgan fingerprint density at radius 3 is 2.94 bits per heavy atom. The molecular weight excluding hydrogens is 210 g/mol. The van der Waals surface area contributed by atoms with Gasteiger partial charge in [-0.15, -0.1) is 0 Å². The molecule has 17 heavy (non-hydrogen) atoms. The Kier molecular flexibility index (Phi) is 2.79. The molecule has 0 radical (unpaired) electrons. The van der Waals surface area contributed by atoms with Crippen LogP contribution in [0, 0.1) is 6.92 Å². The highest BCUT2D eigenvalue weighted by molar-refractivity contribution is 5.41. The first-order valence-electron chi connectivity index (χ1n) is 6.70. The molecular formula is C14H21N3. The van der Waals surface area contributed by atoms with Crippen molar-refractivity contribution in [2.75, 3.05) is 24.5 Å². The van der Waals surface area contributed by atoms with E-state index in [4.69, 9.17) is 0 Å². The summed E-state index contributed by atoms with van der Waals surface area (Å²) in [5, 5.41) is 3.74. The molecule has 1 aromatic rings. The minimum Gasteiger partial charge on any atom is -0.355 e. The van der Waals surface area contributed by atoms with Gasteiger partial charge in [-0.25, -0.2) is 4.98 Å². The molecule has 0 aliphatic carbocycles. The number of anilines is 1. The third kappa shape index (κ3) is 2.16. The summed E-state index contributed by atoms with van der Waals surface area (Å²) in [7, 11) is 0. The summed E-state index contributed by atoms with van der Waals surface area (Å²) in [6.45, 7) is 5.55. The number of nitrogens with one attached hydrogen (secondary N) is 1. The summed E-state index contributed by atoms with van der Waals surface area (Å²) in [5.74, 6) is 1.14. The van der Waals surface area contributed by atoms with E-state index in [1.165, 1.54) is 37.8 Å². The standard InChI is InChI=1S/C14H21N3/c1-12-4-5-13(15-10-12)17-9-7-14(11-17)6-2-3-8-16-14/h4-5,10,16H,2-3,6-9,11H2,1H3. The van der Waals surface area contributed by atoms with Gasteiger partial charge in [0, 0.05) is 24.8 Å². The molecule has 3 nitrogen and oxygen atoms in total. The van der Waals surface area contributed by atoms with Gasteiger partial charge in [-0.2, -0.15) is 0 Å². The molecule has 92 valence electrons. The average Bonchev–Trinajstić information content (AvgIpc) is 2.75. The van der Waals surface area contributed by atoms with E-state index in [1.807, 2.05) is 6.20 Å². The molecule has 1 aromatic heterocycles. The van der Waals surface area contributed by atoms with Crippen molar-refractivity contribution in [1.82, 2.24) is 10.3 Å². The Bertz CT molecular complexity index is 379. The van der Waals surface area contributed by atoms with Crippen molar-refractivity contribution < 1.29 is 0 Å². The van der Waals surface area contributed by atoms with Crippen LogP contribution >= 0.6 is 0 Å². The van der Waals surface area contributed by atoms with Gasteiger partial charge < -0.3 is 10.2 Å². The Labute approximate surface area is 103 Å². The number of aromatic nitrogens is 1. The number of aryl methyl sites for hydroxylation is 1. The smallest absolute Gasteiger partial charge is 0.128 e. The Morgan fingerprint density at radius 1 is 1.29 bits per heavy atom. The second kappa shape index (κ2) is 4.30. The summed E-state index contributed by atoms with van der Waals surface area (Å²) in [4.78, 5) is 6.96. The average molecular weight is 231 g/mol. The van der Waals surface area contributed by atoms with Crippen LogP contribution in [0.25, 0.3) is 0 Å². The molecule has 0 aromatic carbocycles. The van der Waals surface area contributed by atoms with E-state index in [9.17, 15) is 0 Å². The maximum Gasteiger partial charge on any atom is 0.128 e. The van der Waals surface area contributed by atoms with E-state index in [-0.39, 0.29) is 0 Å². The maximum atomic E-state index is 4.54. The van der Waals surface area contributed by atoms with Gasteiger partial charge in [-0.05, 0) is 44.4 Å². The molecule has 3 rings (SSSR count). The Balaban J connectivity index is 1.72. The zero-order valence-corrected chi connectivity index (χ0v) is 10.6. The molecule has 1 N–H and O–H groups in total. The third-order valence-corrected chi connectivity index (χ3v) is 4.16. The van der Waals surface area contributed by atoms with E-state index in [2.05, 4.69) is 34.3 Å². The second-order valence-corrected chi connectivity index (χ2v) is 5.53. The zero-order chi connectivity index (χ0) is 11.7. The van der Waals surface area contributed by atoms with Crippen LogP contribution in [0.2, 0.25) is 0 Å². The molecule has 0 saturated carbocycles. The van der Waals surface area contributed by atoms with Crippen LogP contribution in [0.3, 0.4) is 0 Å². The molecule has 0 bridgehead atoms. The van der Waals surface area contributed by atoms with Gasteiger partial charge in [0.2, 0.25) is 0 Å². The Morgan fingerprint density at radius 2 is 2.24 bits per heavy atom. The SMILES string of the molecule is Cc1ccc(N2CCC3(CCCCN3)C2)nc1. The van der Waals surface area contributed by atoms with Crippen LogP contribution < -0.4 is 10.2 Å². The van der Waals surface area contributed by atoms with E-state index in [0.717, 1.165) is 18.9 Å². The molecule has 3 heterocycles. The lowest BCUT2D eigenvalue weighted by molar-refractivity contribution is 0.280. The zero-order valence-electron chi connectivity index (χ0n) is 10.6. The predicted octanol–water partition coefficient (Wildman–Crippen LogP) is 2.11. The first-order chi connectivity index (χ1) is 8.27. The van der Waals surface area contributed by atoms with Crippen molar-refractivity contribution in [3.63, 3.8) is 0 Å². The van der Waals surface area contributed by atoms with Gasteiger partial charge in [-0.3, -0.25) is 0 Å². The van der Waals surface area contributed by atoms with Crippen molar-refractivity contribution in [3.8, 4) is 0 Å². The first-order valence-corrected chi connectivity index (χ1v) is 6.70. The van der Waals surface area contributed by atoms with Crippen LogP contribution in [-0.4, -0.2) is 30.2 Å². The van der Waals surface area contributed by atoms with Crippen LogP contribution in [0.5, 0.6) is 0 Å². The van der Waals surface area contributed by atoms with Gasteiger partial charge >= 0.3 is 0 Å². The summed E-state index contributed by atoms with van der Waals surface area (Å²) in [5.41, 5.74) is 1.61. The van der Waals surface area contributed by atoms with Gasteiger partial charge in [0.25, 0.3) is 0 Å². The van der Waals surface area contributed by atoms with E-state index < -0.39 is 0 Å². The lowest BCUT2D eigenvalue weighted by Crippen LogP contribution is -2.50. The first kappa shape index (κ1) is 11.0. The minimum atomic E-state index is 0.380. The number of piperidine rings is 1. The molecule has 2 saturated heterocycles. The summed E-state index contributed by atoms with van der Waals surface area (Å²) >= 11 is 0. The van der Waals surface area contributed by atoms with Gasteiger partial charge in [-0.1, -0.05) is 12.5 Å². The fourth-order valence-corrected chi connectivity index (χ4v) is 3.09. The number of hydrogen-bond acceptors (Lipinski definition) is 3. The second-order valence-electron chi connectivity index (χ2n) is 5.53. The van der Waals surface area contributed by atoms with Crippen LogP contribution in [0.4, 0.5) is 5.82 Å². The third-order valence-electron chi connectivity index (χ3n) is 4.16. The Hall–Kier alpha value is -1.09. The van der Waals surface area contributed by atoms with Gasteiger partial charge in [0.05, 0.1) is 0 Å². The quantitative estimate of drug-likeness (QED) is 0.802. The van der Waals surface area contributed by atoms with Crippen molar-refractivity contribution in [1.29, 1.82) is 0 Å². The largest absolute Gasteiger partial charge is 0.355 e. The normalized spacial score (nSPS) is 28.9. The highest BCUT2D eigenvalue weighted by Crippen LogP contribution is 2.31. The molecule has 2 fully saturated rings. The summed E-state index contributed by atoms with van der Waals surface area (Å²) in [6, 6.07) is 4.30. The van der Waals surface area contributed by atoms with Gasteiger partial charge in [0.15, 0.2) is 0 Å². The van der Waals surface area contributed by atoms with Crippen LogP contribution in [0.15, 0.2) is 18.3 Å². The van der Waals surface area contributed by atoms with E-state index in [0.29, 0.717) is 5.54 Å². The van der Waals surface area contributed by atoms with Crippen LogP contribution in [-0.2, 0) is 0 Å². The fraction of sp³-hybridized carbons (Fsp3) is 0.643. The minimum absolute atomic E-state index is 0.380. The maximum absolute atomic E-state index is 4.54. The summed E-state index contributed by atoms with van der Waals surface area (Å²) in [6.07, 6.45) is 7.28. The monoisotopic (exact) mass is 231 g/mol. The number of rotatable bonds is 1. The highest BCUT2D eigenvalue weighted by atomic mass is 15.2. The van der Waals surface area contributed by atoms with Crippen molar-refractivity contribution >= 4 is 5.82 Å². The molecule has 2 aliphatic rings. The van der Waals surface area contributed by atoms with E-state index in [1.54, 1.807) is 0 Å². The molecule has 1 unspecified atom stereocenters. The van der Waals surface area contributed by atoms with Gasteiger partial charge in [0.1, 0.15) is 5.82 Å². The predicted molar refractivity (Wildman–Crippen MR) is 70.4 cm³/mol.